The molecule has 0 radical (unpaired) electrons. The molecule has 0 aliphatic carbocycles. The van der Waals surface area contributed by atoms with Gasteiger partial charge in [0.05, 0.1) is 0 Å². The van der Waals surface area contributed by atoms with E-state index in [4.69, 9.17) is 5.73 Å². The molecule has 0 amide bonds. The summed E-state index contributed by atoms with van der Waals surface area (Å²) >= 11 is 0. The Labute approximate surface area is 98.1 Å². The summed E-state index contributed by atoms with van der Waals surface area (Å²) in [5, 5.41) is 0. The van der Waals surface area contributed by atoms with Crippen LogP contribution < -0.4 is 5.73 Å². The van der Waals surface area contributed by atoms with E-state index in [2.05, 4.69) is 13.8 Å². The molecular formula is C10H13NU. The van der Waals surface area contributed by atoms with Crippen LogP contribution in [0.25, 0.3) is 0 Å². The smallest absolute Gasteiger partial charge is 0.399 e. The van der Waals surface area contributed by atoms with Crippen molar-refractivity contribution < 1.29 is 31.1 Å². The summed E-state index contributed by atoms with van der Waals surface area (Å²) in [6, 6.07) is 7.64. The van der Waals surface area contributed by atoms with Crippen molar-refractivity contribution in [3.8, 4) is 0 Å². The summed E-state index contributed by atoms with van der Waals surface area (Å²) in [5.41, 5.74) is 7.14. The topological polar surface area (TPSA) is 26.0 Å². The minimum Gasteiger partial charge on any atom is -0.399 e. The maximum atomic E-state index is 5.53. The van der Waals surface area contributed by atoms with Crippen molar-refractivity contribution in [3.05, 3.63) is 43.7 Å². The van der Waals surface area contributed by atoms with E-state index in [0.29, 0.717) is 0 Å². The molecule has 0 saturated carbocycles. The Bertz CT molecular complexity index is 233. The number of hydrogen-bond donors (Lipinski definition) is 1. The predicted octanol–water partition coefficient (Wildman–Crippen LogP) is 2.19. The van der Waals surface area contributed by atoms with Gasteiger partial charge in [0.1, 0.15) is 0 Å². The number of rotatable bonds is 1. The molecule has 1 aromatic rings. The molecule has 1 rings (SSSR count). The summed E-state index contributed by atoms with van der Waals surface area (Å²) in [6.07, 6.45) is 0. The molecule has 2 N–H and O–H groups in total. The second-order valence-electron chi connectivity index (χ2n) is 3.18. The zero-order valence-electron chi connectivity index (χ0n) is 7.30. The first kappa shape index (κ1) is 12.1. The molecule has 0 saturated heterocycles. The van der Waals surface area contributed by atoms with Gasteiger partial charge in [-0.3, -0.25) is 5.41 Å². The third-order valence-electron chi connectivity index (χ3n) is 1.61. The van der Waals surface area contributed by atoms with E-state index in [1.807, 2.05) is 31.2 Å². The van der Waals surface area contributed by atoms with Gasteiger partial charge in [-0.15, -0.1) is 12.5 Å². The van der Waals surface area contributed by atoms with Crippen LogP contribution in [0.1, 0.15) is 12.5 Å². The van der Waals surface area contributed by atoms with Crippen molar-refractivity contribution in [2.24, 2.45) is 0 Å². The minimum absolute atomic E-state index is 0. The minimum atomic E-state index is -0.270. The van der Waals surface area contributed by atoms with Crippen molar-refractivity contribution in [2.45, 2.75) is 12.3 Å². The fraction of sp³-hybridized carbons (Fsp3) is 0.200. The number of nitrogens with two attached hydrogens (primary N) is 1. The molecule has 0 bridgehead atoms. The Hall–Kier alpha value is 0.0719. The molecule has 0 aliphatic heterocycles. The molecule has 2 heteroatoms. The third kappa shape index (κ3) is 3.21. The molecule has 62 valence electrons. The van der Waals surface area contributed by atoms with Gasteiger partial charge in [0, 0.05) is 5.69 Å². The van der Waals surface area contributed by atoms with E-state index in [1.54, 1.807) is 0 Å². The van der Waals surface area contributed by atoms with Crippen LogP contribution in [0.3, 0.4) is 0 Å². The van der Waals surface area contributed by atoms with Gasteiger partial charge in [0.15, 0.2) is 0 Å². The second-order valence-corrected chi connectivity index (χ2v) is 3.18. The average molecular weight is 385 g/mol. The molecule has 0 aromatic heterocycles. The Morgan fingerprint density at radius 3 is 1.92 bits per heavy atom. The van der Waals surface area contributed by atoms with Crippen molar-refractivity contribution >= 4 is 5.69 Å². The molecule has 0 spiro atoms. The Morgan fingerprint density at radius 2 is 1.58 bits per heavy atom. The van der Waals surface area contributed by atoms with E-state index in [1.165, 1.54) is 0 Å². The fourth-order valence-electron chi connectivity index (χ4n) is 0.885. The third-order valence-corrected chi connectivity index (χ3v) is 1.61. The van der Waals surface area contributed by atoms with Crippen LogP contribution in [0.4, 0.5) is 5.69 Å². The van der Waals surface area contributed by atoms with Gasteiger partial charge in [-0.05, 0) is 12.1 Å². The summed E-state index contributed by atoms with van der Waals surface area (Å²) in [6.45, 7) is 9.81. The van der Waals surface area contributed by atoms with E-state index in [0.717, 1.165) is 11.3 Å². The molecule has 0 fully saturated rings. The average Bonchev–Trinajstić information content (AvgIpc) is 1.86. The second kappa shape index (κ2) is 4.35. The summed E-state index contributed by atoms with van der Waals surface area (Å²) < 4.78 is 0. The van der Waals surface area contributed by atoms with Gasteiger partial charge >= 0.3 is 31.1 Å². The molecule has 0 unspecified atom stereocenters. The van der Waals surface area contributed by atoms with Crippen LogP contribution in [0.5, 0.6) is 0 Å². The van der Waals surface area contributed by atoms with Crippen molar-refractivity contribution in [2.75, 3.05) is 5.73 Å². The Kier molecular flexibility index (Phi) is 4.37. The van der Waals surface area contributed by atoms with Crippen molar-refractivity contribution in [1.29, 1.82) is 0 Å². The predicted molar refractivity (Wildman–Crippen MR) is 48.9 cm³/mol. The Balaban J connectivity index is 0.00000121. The van der Waals surface area contributed by atoms with E-state index >= 15 is 0 Å². The molecular weight excluding hydrogens is 372 g/mol. The number of benzene rings is 1. The van der Waals surface area contributed by atoms with Crippen molar-refractivity contribution in [3.63, 3.8) is 0 Å². The molecule has 0 heterocycles. The van der Waals surface area contributed by atoms with Gasteiger partial charge in [-0.25, -0.2) is 0 Å². The largest absolute Gasteiger partial charge is 2.00 e. The normalized spacial score (nSPS) is 10.6. The summed E-state index contributed by atoms with van der Waals surface area (Å²) in [5.74, 6) is 0. The van der Waals surface area contributed by atoms with Gasteiger partial charge in [0.25, 0.3) is 0 Å². The van der Waals surface area contributed by atoms with Crippen LogP contribution >= 0.6 is 0 Å². The summed E-state index contributed by atoms with van der Waals surface area (Å²) in [4.78, 5) is 0. The molecule has 12 heavy (non-hydrogen) atoms. The Morgan fingerprint density at radius 1 is 1.17 bits per heavy atom. The quantitative estimate of drug-likeness (QED) is 0.582. The monoisotopic (exact) mass is 385 g/mol. The fourth-order valence-corrected chi connectivity index (χ4v) is 0.885. The molecule has 1 nitrogen and oxygen atoms in total. The van der Waals surface area contributed by atoms with Crippen LogP contribution in [0.2, 0.25) is 0 Å². The molecule has 1 aromatic carbocycles. The standard InChI is InChI=1S/C10H13N.U/c1-10(2,3)8-4-6-9(11)7-5-8;/h4-7H,1-2,11H2,3H3;/q-2;+2. The SMILES string of the molecule is [CH2-]C([CH2-])(C)c1ccc(N)cc1.[U+2]. The zero-order chi connectivity index (χ0) is 8.48. The maximum absolute atomic E-state index is 5.53. The van der Waals surface area contributed by atoms with Crippen LogP contribution in [0, 0.1) is 45.0 Å². The van der Waals surface area contributed by atoms with Crippen LogP contribution in [-0.2, 0) is 5.41 Å². The molecule has 0 aliphatic rings. The van der Waals surface area contributed by atoms with Crippen LogP contribution in [-0.4, -0.2) is 0 Å². The van der Waals surface area contributed by atoms with Crippen LogP contribution in [0.15, 0.2) is 24.3 Å². The first-order chi connectivity index (χ1) is 5.00. The van der Waals surface area contributed by atoms with E-state index in [-0.39, 0.29) is 36.5 Å². The number of anilines is 1. The number of nitrogen functional groups attached to an aromatic ring is 1. The summed E-state index contributed by atoms with van der Waals surface area (Å²) in [7, 11) is 0. The van der Waals surface area contributed by atoms with Crippen molar-refractivity contribution in [1.82, 2.24) is 0 Å². The maximum Gasteiger partial charge on any atom is 2.00 e. The van der Waals surface area contributed by atoms with Gasteiger partial charge in [0.2, 0.25) is 0 Å². The number of hydrogen-bond acceptors (Lipinski definition) is 1. The van der Waals surface area contributed by atoms with E-state index < -0.39 is 0 Å². The first-order valence-corrected chi connectivity index (χ1v) is 3.57. The van der Waals surface area contributed by atoms with Gasteiger partial charge in [-0.2, -0.15) is 0 Å². The molecule has 0 atom stereocenters. The van der Waals surface area contributed by atoms with Gasteiger partial charge in [-0.1, -0.05) is 12.1 Å². The zero-order valence-corrected chi connectivity index (χ0v) is 11.5. The van der Waals surface area contributed by atoms with Gasteiger partial charge < -0.3 is 19.6 Å². The van der Waals surface area contributed by atoms with E-state index in [9.17, 15) is 0 Å². The first-order valence-electron chi connectivity index (χ1n) is 3.57.